The van der Waals surface area contributed by atoms with Gasteiger partial charge in [-0.15, -0.1) is 0 Å². The Hall–Kier alpha value is -1.35. The standard InChI is InChI=1S/C18H26N2O/c1-13(2)12-16-19-17(14-8-4-3-5-9-14)18(21)20(16)15-10-6-7-11-15/h3-5,8-9,13,15-17,19H,6-7,10-12H2,1-2H3. The van der Waals surface area contributed by atoms with E-state index in [-0.39, 0.29) is 18.1 Å². The second-order valence-corrected chi connectivity index (χ2v) is 6.84. The molecule has 1 aromatic carbocycles. The van der Waals surface area contributed by atoms with E-state index in [9.17, 15) is 4.79 Å². The second kappa shape index (κ2) is 6.18. The van der Waals surface area contributed by atoms with Gasteiger partial charge in [-0.2, -0.15) is 0 Å². The number of benzene rings is 1. The van der Waals surface area contributed by atoms with Crippen LogP contribution < -0.4 is 5.32 Å². The van der Waals surface area contributed by atoms with Crippen LogP contribution in [0, 0.1) is 5.92 Å². The van der Waals surface area contributed by atoms with Crippen molar-refractivity contribution >= 4 is 5.91 Å². The second-order valence-electron chi connectivity index (χ2n) is 6.84. The number of hydrogen-bond acceptors (Lipinski definition) is 2. The Labute approximate surface area is 127 Å². The summed E-state index contributed by atoms with van der Waals surface area (Å²) in [5.74, 6) is 0.868. The molecule has 0 aromatic heterocycles. The van der Waals surface area contributed by atoms with E-state index in [2.05, 4.69) is 36.2 Å². The highest BCUT2D eigenvalue weighted by molar-refractivity contribution is 5.86. The maximum absolute atomic E-state index is 12.9. The first-order valence-electron chi connectivity index (χ1n) is 8.30. The van der Waals surface area contributed by atoms with Gasteiger partial charge in [0.25, 0.3) is 0 Å². The molecule has 2 fully saturated rings. The molecular weight excluding hydrogens is 260 g/mol. The molecule has 3 heteroatoms. The van der Waals surface area contributed by atoms with Crippen molar-refractivity contribution in [3.05, 3.63) is 35.9 Å². The molecule has 0 bridgehead atoms. The van der Waals surface area contributed by atoms with Crippen LogP contribution in [0.5, 0.6) is 0 Å². The number of hydrogen-bond donors (Lipinski definition) is 1. The fourth-order valence-corrected chi connectivity index (χ4v) is 3.78. The van der Waals surface area contributed by atoms with E-state index in [0.29, 0.717) is 12.0 Å². The summed E-state index contributed by atoms with van der Waals surface area (Å²) in [7, 11) is 0. The molecule has 0 spiro atoms. The summed E-state index contributed by atoms with van der Waals surface area (Å²) >= 11 is 0. The van der Waals surface area contributed by atoms with Crippen molar-refractivity contribution in [1.82, 2.24) is 10.2 Å². The van der Waals surface area contributed by atoms with E-state index in [0.717, 1.165) is 12.0 Å². The van der Waals surface area contributed by atoms with E-state index in [1.54, 1.807) is 0 Å². The minimum atomic E-state index is -0.157. The predicted octanol–water partition coefficient (Wildman–Crippen LogP) is 3.47. The summed E-state index contributed by atoms with van der Waals surface area (Å²) < 4.78 is 0. The molecule has 1 heterocycles. The fraction of sp³-hybridized carbons (Fsp3) is 0.611. The Kier molecular flexibility index (Phi) is 4.29. The molecule has 1 aliphatic heterocycles. The van der Waals surface area contributed by atoms with Gasteiger partial charge in [0.15, 0.2) is 0 Å². The lowest BCUT2D eigenvalue weighted by Gasteiger charge is -2.31. The summed E-state index contributed by atoms with van der Waals surface area (Å²) in [5, 5.41) is 3.59. The maximum Gasteiger partial charge on any atom is 0.245 e. The van der Waals surface area contributed by atoms with Gasteiger partial charge in [-0.25, -0.2) is 0 Å². The molecule has 1 aromatic rings. The lowest BCUT2D eigenvalue weighted by molar-refractivity contribution is -0.132. The Bertz CT molecular complexity index is 479. The molecule has 2 atom stereocenters. The highest BCUT2D eigenvalue weighted by Crippen LogP contribution is 2.34. The van der Waals surface area contributed by atoms with Gasteiger partial charge >= 0.3 is 0 Å². The molecular formula is C18H26N2O. The van der Waals surface area contributed by atoms with Gasteiger partial charge in [0.2, 0.25) is 5.91 Å². The van der Waals surface area contributed by atoms with Crippen LogP contribution in [-0.2, 0) is 4.79 Å². The molecule has 2 aliphatic rings. The topological polar surface area (TPSA) is 32.3 Å². The zero-order valence-electron chi connectivity index (χ0n) is 13.1. The van der Waals surface area contributed by atoms with E-state index in [1.807, 2.05) is 18.2 Å². The van der Waals surface area contributed by atoms with Crippen LogP contribution in [0.2, 0.25) is 0 Å². The quantitative estimate of drug-likeness (QED) is 0.919. The molecule has 1 saturated carbocycles. The van der Waals surface area contributed by atoms with Crippen LogP contribution in [0.3, 0.4) is 0 Å². The first-order chi connectivity index (χ1) is 10.2. The van der Waals surface area contributed by atoms with Gasteiger partial charge in [0.1, 0.15) is 6.04 Å². The van der Waals surface area contributed by atoms with Gasteiger partial charge in [-0.05, 0) is 30.7 Å². The first kappa shape index (κ1) is 14.6. The smallest absolute Gasteiger partial charge is 0.245 e. The highest BCUT2D eigenvalue weighted by atomic mass is 16.2. The maximum atomic E-state index is 12.9. The minimum absolute atomic E-state index is 0.157. The third-order valence-electron chi connectivity index (χ3n) is 4.74. The van der Waals surface area contributed by atoms with Gasteiger partial charge < -0.3 is 4.90 Å². The van der Waals surface area contributed by atoms with Crippen molar-refractivity contribution in [2.75, 3.05) is 0 Å². The number of amides is 1. The average molecular weight is 286 g/mol. The van der Waals surface area contributed by atoms with E-state index in [1.165, 1.54) is 25.7 Å². The minimum Gasteiger partial charge on any atom is -0.322 e. The summed E-state index contributed by atoms with van der Waals surface area (Å²) in [4.78, 5) is 15.1. The Balaban J connectivity index is 1.83. The van der Waals surface area contributed by atoms with Crippen molar-refractivity contribution in [3.8, 4) is 0 Å². The molecule has 2 unspecified atom stereocenters. The molecule has 3 rings (SSSR count). The van der Waals surface area contributed by atoms with Crippen LogP contribution in [0.25, 0.3) is 0 Å². The Morgan fingerprint density at radius 3 is 2.48 bits per heavy atom. The van der Waals surface area contributed by atoms with Gasteiger partial charge in [0.05, 0.1) is 6.17 Å². The monoisotopic (exact) mass is 286 g/mol. The number of carbonyl (C=O) groups excluding carboxylic acids is 1. The Morgan fingerprint density at radius 2 is 1.86 bits per heavy atom. The molecule has 1 amide bonds. The fourth-order valence-electron chi connectivity index (χ4n) is 3.78. The SMILES string of the molecule is CC(C)CC1NC(c2ccccc2)C(=O)N1C1CCCC1. The highest BCUT2D eigenvalue weighted by Gasteiger charge is 2.43. The largest absolute Gasteiger partial charge is 0.322 e. The number of nitrogens with one attached hydrogen (secondary N) is 1. The molecule has 1 saturated heterocycles. The van der Waals surface area contributed by atoms with Gasteiger partial charge in [-0.3, -0.25) is 10.1 Å². The molecule has 3 nitrogen and oxygen atoms in total. The van der Waals surface area contributed by atoms with Crippen LogP contribution in [0.1, 0.15) is 57.6 Å². The zero-order chi connectivity index (χ0) is 14.8. The number of carbonyl (C=O) groups is 1. The summed E-state index contributed by atoms with van der Waals surface area (Å²) in [6.45, 7) is 4.46. The van der Waals surface area contributed by atoms with E-state index in [4.69, 9.17) is 0 Å². The number of rotatable bonds is 4. The molecule has 114 valence electrons. The molecule has 21 heavy (non-hydrogen) atoms. The third-order valence-corrected chi connectivity index (χ3v) is 4.74. The van der Waals surface area contributed by atoms with Crippen molar-refractivity contribution in [2.45, 2.75) is 64.2 Å². The van der Waals surface area contributed by atoms with Crippen molar-refractivity contribution in [3.63, 3.8) is 0 Å². The number of nitrogens with zero attached hydrogens (tertiary/aromatic N) is 1. The Morgan fingerprint density at radius 1 is 1.19 bits per heavy atom. The summed E-state index contributed by atoms with van der Waals surface area (Å²) in [6, 6.07) is 10.4. The third kappa shape index (κ3) is 2.98. The summed E-state index contributed by atoms with van der Waals surface area (Å²) in [6.07, 6.45) is 6.10. The van der Waals surface area contributed by atoms with Gasteiger partial charge in [0, 0.05) is 6.04 Å². The normalized spacial score (nSPS) is 27.0. The zero-order valence-corrected chi connectivity index (χ0v) is 13.1. The van der Waals surface area contributed by atoms with Crippen molar-refractivity contribution < 1.29 is 4.79 Å². The van der Waals surface area contributed by atoms with Crippen LogP contribution >= 0.6 is 0 Å². The lowest BCUT2D eigenvalue weighted by atomic mass is 10.1. The first-order valence-corrected chi connectivity index (χ1v) is 8.30. The van der Waals surface area contributed by atoms with Crippen LogP contribution in [-0.4, -0.2) is 23.0 Å². The summed E-state index contributed by atoms with van der Waals surface area (Å²) in [5.41, 5.74) is 1.09. The van der Waals surface area contributed by atoms with Crippen LogP contribution in [0.15, 0.2) is 30.3 Å². The van der Waals surface area contributed by atoms with Crippen molar-refractivity contribution in [1.29, 1.82) is 0 Å². The van der Waals surface area contributed by atoms with Crippen molar-refractivity contribution in [2.24, 2.45) is 5.92 Å². The average Bonchev–Trinajstić information content (AvgIpc) is 3.07. The van der Waals surface area contributed by atoms with Gasteiger partial charge in [-0.1, -0.05) is 57.0 Å². The van der Waals surface area contributed by atoms with E-state index < -0.39 is 0 Å². The molecule has 1 aliphatic carbocycles. The predicted molar refractivity (Wildman–Crippen MR) is 84.7 cm³/mol. The lowest BCUT2D eigenvalue weighted by Crippen LogP contribution is -2.44. The van der Waals surface area contributed by atoms with E-state index >= 15 is 0 Å². The van der Waals surface area contributed by atoms with Crippen LogP contribution in [0.4, 0.5) is 0 Å². The molecule has 0 radical (unpaired) electrons. The molecule has 1 N–H and O–H groups in total.